The Morgan fingerprint density at radius 3 is 2.82 bits per heavy atom. The Morgan fingerprint density at radius 2 is 2.36 bits per heavy atom. The van der Waals surface area contributed by atoms with E-state index in [9.17, 15) is 4.21 Å². The smallest absolute Gasteiger partial charge is 0.0575 e. The van der Waals surface area contributed by atoms with Crippen LogP contribution in [0, 0.1) is 12.3 Å². The van der Waals surface area contributed by atoms with Crippen molar-refractivity contribution in [3.05, 3.63) is 0 Å². The summed E-state index contributed by atoms with van der Waals surface area (Å²) in [5, 5.41) is 3.12. The van der Waals surface area contributed by atoms with Crippen molar-refractivity contribution in [1.29, 1.82) is 0 Å². The zero-order valence-electron chi connectivity index (χ0n) is 7.09. The summed E-state index contributed by atoms with van der Waals surface area (Å²) in [5.41, 5.74) is 0. The van der Waals surface area contributed by atoms with Crippen molar-refractivity contribution < 1.29 is 4.21 Å². The Labute approximate surface area is 71.2 Å². The molecular weight excluding hydrogens is 158 g/mol. The Morgan fingerprint density at radius 1 is 1.73 bits per heavy atom. The molecule has 0 aromatic heterocycles. The van der Waals surface area contributed by atoms with E-state index in [1.165, 1.54) is 0 Å². The first-order valence-corrected chi connectivity index (χ1v) is 5.36. The molecule has 0 bridgehead atoms. The van der Waals surface area contributed by atoms with Gasteiger partial charge in [0, 0.05) is 28.9 Å². The lowest BCUT2D eigenvalue weighted by molar-refractivity contribution is 0.571. The van der Waals surface area contributed by atoms with Crippen LogP contribution < -0.4 is 5.32 Å². The number of hydrogen-bond acceptors (Lipinski definition) is 2. The molecule has 0 aliphatic heterocycles. The molecule has 11 heavy (non-hydrogen) atoms. The van der Waals surface area contributed by atoms with Gasteiger partial charge in [-0.15, -0.1) is 6.42 Å². The van der Waals surface area contributed by atoms with Gasteiger partial charge < -0.3 is 5.32 Å². The van der Waals surface area contributed by atoms with Crippen LogP contribution in [0.1, 0.15) is 13.3 Å². The molecule has 0 aromatic carbocycles. The second-order valence-corrected chi connectivity index (χ2v) is 4.11. The molecule has 2 unspecified atom stereocenters. The molecule has 0 rings (SSSR count). The van der Waals surface area contributed by atoms with Gasteiger partial charge in [-0.1, -0.05) is 5.92 Å². The highest BCUT2D eigenvalue weighted by atomic mass is 32.2. The van der Waals surface area contributed by atoms with Gasteiger partial charge in [0.15, 0.2) is 0 Å². The molecule has 0 aliphatic rings. The van der Waals surface area contributed by atoms with E-state index in [-0.39, 0.29) is 0 Å². The van der Waals surface area contributed by atoms with Gasteiger partial charge in [-0.25, -0.2) is 0 Å². The van der Waals surface area contributed by atoms with Crippen molar-refractivity contribution in [3.63, 3.8) is 0 Å². The summed E-state index contributed by atoms with van der Waals surface area (Å²) in [5.74, 6) is 3.25. The van der Waals surface area contributed by atoms with Crippen molar-refractivity contribution in [2.75, 3.05) is 18.6 Å². The highest BCUT2D eigenvalue weighted by molar-refractivity contribution is 7.84. The van der Waals surface area contributed by atoms with Gasteiger partial charge in [0.05, 0.1) is 6.54 Å². The molecule has 0 aliphatic carbocycles. The molecule has 0 spiro atoms. The summed E-state index contributed by atoms with van der Waals surface area (Å²) in [6.07, 6.45) is 7.70. The lowest BCUT2D eigenvalue weighted by atomic mass is 10.2. The average Bonchev–Trinajstić information content (AvgIpc) is 1.97. The largest absolute Gasteiger partial charge is 0.304 e. The van der Waals surface area contributed by atoms with Crippen molar-refractivity contribution in [1.82, 2.24) is 5.32 Å². The quantitative estimate of drug-likeness (QED) is 0.608. The molecular formula is C8H15NOS. The maximum Gasteiger partial charge on any atom is 0.0575 e. The molecule has 0 fully saturated rings. The first kappa shape index (κ1) is 10.7. The lowest BCUT2D eigenvalue weighted by Gasteiger charge is -2.09. The second-order valence-electron chi connectivity index (χ2n) is 2.55. The van der Waals surface area contributed by atoms with E-state index >= 15 is 0 Å². The molecule has 0 radical (unpaired) electrons. The summed E-state index contributed by atoms with van der Waals surface area (Å²) in [4.78, 5) is 0. The number of rotatable bonds is 5. The summed E-state index contributed by atoms with van der Waals surface area (Å²) < 4.78 is 10.7. The van der Waals surface area contributed by atoms with Crippen molar-refractivity contribution >= 4 is 10.8 Å². The van der Waals surface area contributed by atoms with E-state index in [1.807, 2.05) is 6.92 Å². The molecule has 0 aromatic rings. The predicted octanol–water partition coefficient (Wildman–Crippen LogP) is 0.366. The van der Waals surface area contributed by atoms with Gasteiger partial charge in [-0.05, 0) is 13.3 Å². The minimum absolute atomic E-state index is 0.370. The maximum atomic E-state index is 10.7. The van der Waals surface area contributed by atoms with Gasteiger partial charge >= 0.3 is 0 Å². The van der Waals surface area contributed by atoms with Crippen LogP contribution in [-0.2, 0) is 10.8 Å². The number of hydrogen-bond donors (Lipinski definition) is 1. The minimum atomic E-state index is -0.683. The first-order chi connectivity index (χ1) is 5.16. The van der Waals surface area contributed by atoms with Crippen LogP contribution in [0.5, 0.6) is 0 Å². The van der Waals surface area contributed by atoms with E-state index in [4.69, 9.17) is 6.42 Å². The fraction of sp³-hybridized carbons (Fsp3) is 0.750. The summed E-state index contributed by atoms with van der Waals surface area (Å²) in [6, 6.07) is 0.370. The third kappa shape index (κ3) is 7.57. The minimum Gasteiger partial charge on any atom is -0.304 e. The third-order valence-corrected chi connectivity index (χ3v) is 2.20. The summed E-state index contributed by atoms with van der Waals surface area (Å²) >= 11 is 0. The van der Waals surface area contributed by atoms with Crippen LogP contribution in [0.3, 0.4) is 0 Å². The van der Waals surface area contributed by atoms with Crippen molar-refractivity contribution in [2.45, 2.75) is 19.4 Å². The highest BCUT2D eigenvalue weighted by Gasteiger charge is 2.00. The van der Waals surface area contributed by atoms with E-state index in [1.54, 1.807) is 6.26 Å². The highest BCUT2D eigenvalue weighted by Crippen LogP contribution is 1.91. The molecule has 1 N–H and O–H groups in total. The molecule has 2 nitrogen and oxygen atoms in total. The molecule has 2 atom stereocenters. The summed E-state index contributed by atoms with van der Waals surface area (Å²) in [7, 11) is -0.683. The monoisotopic (exact) mass is 173 g/mol. The Hall–Kier alpha value is -0.330. The lowest BCUT2D eigenvalue weighted by Crippen LogP contribution is -2.27. The van der Waals surface area contributed by atoms with Crippen LogP contribution in [0.2, 0.25) is 0 Å². The Kier molecular flexibility index (Phi) is 6.19. The standard InChI is InChI=1S/C8H15NOS/c1-4-6-9-8(2)5-7-11(3)10/h1,8-9H,5-7H2,2-3H3. The van der Waals surface area contributed by atoms with E-state index in [2.05, 4.69) is 11.2 Å². The Bertz CT molecular complexity index is 162. The van der Waals surface area contributed by atoms with Crippen LogP contribution in [-0.4, -0.2) is 28.8 Å². The van der Waals surface area contributed by atoms with Gasteiger partial charge in [0.25, 0.3) is 0 Å². The van der Waals surface area contributed by atoms with Gasteiger partial charge in [-0.3, -0.25) is 4.21 Å². The normalized spacial score (nSPS) is 15.4. The molecule has 0 saturated carbocycles. The maximum absolute atomic E-state index is 10.7. The van der Waals surface area contributed by atoms with Crippen LogP contribution in [0.25, 0.3) is 0 Å². The van der Waals surface area contributed by atoms with Crippen LogP contribution in [0.15, 0.2) is 0 Å². The zero-order chi connectivity index (χ0) is 8.69. The van der Waals surface area contributed by atoms with Crippen molar-refractivity contribution in [2.24, 2.45) is 0 Å². The first-order valence-electron chi connectivity index (χ1n) is 3.63. The third-order valence-electron chi connectivity index (χ3n) is 1.39. The van der Waals surface area contributed by atoms with Crippen LogP contribution >= 0.6 is 0 Å². The van der Waals surface area contributed by atoms with E-state index < -0.39 is 10.8 Å². The molecule has 0 amide bonds. The fourth-order valence-corrected chi connectivity index (χ4v) is 1.36. The van der Waals surface area contributed by atoms with Crippen LogP contribution in [0.4, 0.5) is 0 Å². The molecule has 64 valence electrons. The average molecular weight is 173 g/mol. The van der Waals surface area contributed by atoms with Gasteiger partial charge in [0.2, 0.25) is 0 Å². The Balaban J connectivity index is 3.31. The number of terminal acetylenes is 1. The summed E-state index contributed by atoms with van der Waals surface area (Å²) in [6.45, 7) is 2.64. The SMILES string of the molecule is C#CCNC(C)CCS(C)=O. The van der Waals surface area contributed by atoms with Crippen molar-refractivity contribution in [3.8, 4) is 12.3 Å². The van der Waals surface area contributed by atoms with Gasteiger partial charge in [-0.2, -0.15) is 0 Å². The van der Waals surface area contributed by atoms with E-state index in [0.717, 1.165) is 12.2 Å². The molecule has 0 saturated heterocycles. The number of nitrogens with one attached hydrogen (secondary N) is 1. The predicted molar refractivity (Wildman–Crippen MR) is 49.8 cm³/mol. The molecule has 0 heterocycles. The fourth-order valence-electron chi connectivity index (χ4n) is 0.678. The molecule has 3 heteroatoms. The topological polar surface area (TPSA) is 29.1 Å². The second kappa shape index (κ2) is 6.38. The van der Waals surface area contributed by atoms with E-state index in [0.29, 0.717) is 12.6 Å². The zero-order valence-corrected chi connectivity index (χ0v) is 7.91. The van der Waals surface area contributed by atoms with Gasteiger partial charge in [0.1, 0.15) is 0 Å².